The van der Waals surface area contributed by atoms with Crippen LogP contribution in [0.25, 0.3) is 0 Å². The van der Waals surface area contributed by atoms with Gasteiger partial charge in [-0.2, -0.15) is 0 Å². The van der Waals surface area contributed by atoms with Crippen LogP contribution in [0.3, 0.4) is 0 Å². The number of nitrogens with zero attached hydrogens (tertiary/aromatic N) is 5. The van der Waals surface area contributed by atoms with E-state index in [1.165, 1.54) is 12.1 Å². The van der Waals surface area contributed by atoms with Crippen LogP contribution in [0.4, 0.5) is 10.3 Å². The zero-order valence-corrected chi connectivity index (χ0v) is 17.5. The molecule has 1 fully saturated rings. The number of hydrogen-bond donors (Lipinski definition) is 0. The van der Waals surface area contributed by atoms with Gasteiger partial charge in [-0.25, -0.2) is 14.4 Å². The first-order chi connectivity index (χ1) is 13.2. The Balaban J connectivity index is 1.91. The topological polar surface area (TPSA) is 67.7 Å². The highest BCUT2D eigenvalue weighted by Crippen LogP contribution is 2.21. The van der Waals surface area contributed by atoms with Gasteiger partial charge < -0.3 is 14.4 Å². The number of hydrogen-bond acceptors (Lipinski definition) is 6. The van der Waals surface area contributed by atoms with Crippen molar-refractivity contribution in [1.29, 1.82) is 0 Å². The highest BCUT2D eigenvalue weighted by atomic mass is 32.2. The van der Waals surface area contributed by atoms with Crippen LogP contribution in [0.2, 0.25) is 0 Å². The summed E-state index contributed by atoms with van der Waals surface area (Å²) in [5, 5.41) is 0. The summed E-state index contributed by atoms with van der Waals surface area (Å²) in [6, 6.07) is 5.99. The molecule has 1 aromatic heterocycles. The minimum atomic E-state index is -1.46. The molecule has 1 unspecified atom stereocenters. The summed E-state index contributed by atoms with van der Waals surface area (Å²) in [6.07, 6.45) is 3.39. The Morgan fingerprint density at radius 2 is 1.61 bits per heavy atom. The van der Waals surface area contributed by atoms with Gasteiger partial charge in [-0.05, 0) is 52.1 Å². The van der Waals surface area contributed by atoms with Crippen LogP contribution in [0.15, 0.2) is 41.1 Å². The van der Waals surface area contributed by atoms with Gasteiger partial charge in [0.25, 0.3) is 0 Å². The van der Waals surface area contributed by atoms with Crippen LogP contribution < -0.4 is 4.90 Å². The van der Waals surface area contributed by atoms with Gasteiger partial charge in [0.05, 0.1) is 0 Å². The van der Waals surface area contributed by atoms with Gasteiger partial charge in [-0.1, -0.05) is 4.40 Å². The van der Waals surface area contributed by atoms with Crippen molar-refractivity contribution in [3.8, 4) is 0 Å². The average Bonchev–Trinajstić information content (AvgIpc) is 2.67. The third-order valence-electron chi connectivity index (χ3n) is 4.51. The number of halogens is 1. The van der Waals surface area contributed by atoms with Crippen molar-refractivity contribution in [2.45, 2.75) is 25.5 Å². The zero-order valence-electron chi connectivity index (χ0n) is 16.7. The van der Waals surface area contributed by atoms with Crippen molar-refractivity contribution < 1.29 is 8.94 Å². The fourth-order valence-electron chi connectivity index (χ4n) is 2.71. The monoisotopic (exact) mass is 403 g/mol. The van der Waals surface area contributed by atoms with E-state index in [-0.39, 0.29) is 5.82 Å². The third-order valence-corrected chi connectivity index (χ3v) is 5.91. The predicted octanol–water partition coefficient (Wildman–Crippen LogP) is 2.67. The maximum Gasteiger partial charge on any atom is 0.225 e. The van der Waals surface area contributed by atoms with Gasteiger partial charge in [0, 0.05) is 49.7 Å². The smallest absolute Gasteiger partial charge is 0.225 e. The van der Waals surface area contributed by atoms with E-state index in [9.17, 15) is 8.94 Å². The van der Waals surface area contributed by atoms with E-state index in [4.69, 9.17) is 0 Å². The Labute approximate surface area is 168 Å². The summed E-state index contributed by atoms with van der Waals surface area (Å²) in [5.41, 5.74) is 1.83. The number of aromatic nitrogens is 2. The molecule has 1 atom stereocenters. The molecule has 1 saturated heterocycles. The number of benzene rings is 1. The lowest BCUT2D eigenvalue weighted by Gasteiger charge is -2.32. The Hall–Kier alpha value is -2.03. The summed E-state index contributed by atoms with van der Waals surface area (Å²) in [6.45, 7) is 9.28. The van der Waals surface area contributed by atoms with Crippen molar-refractivity contribution in [1.82, 2.24) is 14.9 Å². The number of anilines is 1. The molecule has 3 rings (SSSR count). The lowest BCUT2D eigenvalue weighted by atomic mass is 10.1. The van der Waals surface area contributed by atoms with Gasteiger partial charge in [-0.3, -0.25) is 0 Å². The molecule has 1 aliphatic rings. The minimum Gasteiger partial charge on any atom is -0.591 e. The molecule has 0 aliphatic carbocycles. The normalized spacial score (nSPS) is 17.6. The summed E-state index contributed by atoms with van der Waals surface area (Å²) in [7, 11) is 2.10. The molecule has 0 radical (unpaired) electrons. The molecule has 0 spiro atoms. The van der Waals surface area contributed by atoms with Crippen molar-refractivity contribution in [2.24, 2.45) is 4.40 Å². The van der Waals surface area contributed by atoms with E-state index in [1.54, 1.807) is 24.5 Å². The Kier molecular flexibility index (Phi) is 6.32. The Bertz CT molecular complexity index is 812. The molecule has 0 saturated carbocycles. The molecule has 2 aromatic rings. The molecule has 1 aliphatic heterocycles. The predicted molar refractivity (Wildman–Crippen MR) is 112 cm³/mol. The maximum absolute atomic E-state index is 13.4. The van der Waals surface area contributed by atoms with E-state index >= 15 is 0 Å². The lowest BCUT2D eigenvalue weighted by Crippen LogP contribution is -2.45. The van der Waals surface area contributed by atoms with Gasteiger partial charge in [0.2, 0.25) is 5.95 Å². The first kappa shape index (κ1) is 20.7. The molecule has 28 heavy (non-hydrogen) atoms. The molecular formula is C20H26FN5OS. The molecular weight excluding hydrogens is 377 g/mol. The number of rotatable bonds is 4. The fourth-order valence-corrected chi connectivity index (χ4v) is 3.36. The molecule has 8 heteroatoms. The molecule has 0 N–H and O–H groups in total. The van der Waals surface area contributed by atoms with Crippen LogP contribution in [-0.2, 0) is 11.4 Å². The average molecular weight is 404 g/mol. The Morgan fingerprint density at radius 3 is 2.14 bits per heavy atom. The Morgan fingerprint density at radius 1 is 1.04 bits per heavy atom. The molecule has 1 aromatic carbocycles. The number of likely N-dealkylation sites (N-methyl/N-ethyl adjacent to an activating group) is 1. The molecule has 150 valence electrons. The SMILES string of the molecule is CN1CCN(c2ncc(C(=N[S+]([O-])C(C)(C)C)c3ccc(F)cc3)cn2)CC1. The van der Waals surface area contributed by atoms with Gasteiger partial charge >= 0.3 is 0 Å². The van der Waals surface area contributed by atoms with E-state index in [2.05, 4.69) is 31.2 Å². The second kappa shape index (κ2) is 8.55. The van der Waals surface area contributed by atoms with E-state index in [0.717, 1.165) is 26.2 Å². The third kappa shape index (κ3) is 5.06. The summed E-state index contributed by atoms with van der Waals surface area (Å²) in [4.78, 5) is 13.4. The van der Waals surface area contributed by atoms with Crippen molar-refractivity contribution in [3.05, 3.63) is 53.6 Å². The van der Waals surface area contributed by atoms with Crippen LogP contribution in [0, 0.1) is 5.82 Å². The van der Waals surface area contributed by atoms with Crippen LogP contribution >= 0.6 is 0 Å². The van der Waals surface area contributed by atoms with Crippen molar-refractivity contribution in [2.75, 3.05) is 38.1 Å². The number of piperazine rings is 1. The first-order valence-corrected chi connectivity index (χ1v) is 10.4. The first-order valence-electron chi connectivity index (χ1n) is 9.26. The lowest BCUT2D eigenvalue weighted by molar-refractivity contribution is 0.311. The van der Waals surface area contributed by atoms with Crippen LogP contribution in [0.5, 0.6) is 0 Å². The van der Waals surface area contributed by atoms with Crippen LogP contribution in [0.1, 0.15) is 31.9 Å². The van der Waals surface area contributed by atoms with E-state index < -0.39 is 16.1 Å². The molecule has 0 amide bonds. The minimum absolute atomic E-state index is 0.332. The molecule has 0 bridgehead atoms. The van der Waals surface area contributed by atoms with E-state index in [0.29, 0.717) is 22.8 Å². The standard InChI is InChI=1S/C20H26FN5OS/c1-20(2,3)28(27)24-18(15-5-7-17(21)8-6-15)16-13-22-19(23-14-16)26-11-9-25(4)10-12-26/h5-8,13-14H,9-12H2,1-4H3. The van der Waals surface area contributed by atoms with Gasteiger partial charge in [0.15, 0.2) is 0 Å². The molecule has 2 heterocycles. The quantitative estimate of drug-likeness (QED) is 0.580. The zero-order chi connectivity index (χ0) is 20.3. The van der Waals surface area contributed by atoms with Crippen molar-refractivity contribution in [3.63, 3.8) is 0 Å². The highest BCUT2D eigenvalue weighted by Gasteiger charge is 2.28. The summed E-state index contributed by atoms with van der Waals surface area (Å²) in [5.74, 6) is 0.342. The second-order valence-electron chi connectivity index (χ2n) is 7.87. The summed E-state index contributed by atoms with van der Waals surface area (Å²) < 4.78 is 29.9. The van der Waals surface area contributed by atoms with Gasteiger partial charge in [0.1, 0.15) is 27.6 Å². The highest BCUT2D eigenvalue weighted by molar-refractivity contribution is 7.91. The van der Waals surface area contributed by atoms with Gasteiger partial charge in [-0.15, -0.1) is 0 Å². The fraction of sp³-hybridized carbons (Fsp3) is 0.450. The van der Waals surface area contributed by atoms with Crippen molar-refractivity contribution >= 4 is 23.0 Å². The van der Waals surface area contributed by atoms with Crippen LogP contribution in [-0.4, -0.2) is 63.1 Å². The maximum atomic E-state index is 13.4. The van der Waals surface area contributed by atoms with E-state index in [1.807, 2.05) is 20.8 Å². The second-order valence-corrected chi connectivity index (χ2v) is 9.78. The molecule has 6 nitrogen and oxygen atoms in total. The largest absolute Gasteiger partial charge is 0.591 e. The summed E-state index contributed by atoms with van der Waals surface area (Å²) >= 11 is -1.46.